The summed E-state index contributed by atoms with van der Waals surface area (Å²) in [6.45, 7) is -2.62. The molecule has 0 bridgehead atoms. The van der Waals surface area contributed by atoms with E-state index in [-0.39, 0.29) is 18.2 Å². The molecule has 2 aromatic carbocycles. The number of carbonyl (C=O) groups is 1. The van der Waals surface area contributed by atoms with Crippen LogP contribution in [-0.2, 0) is 6.54 Å². The normalized spacial score (nSPS) is 10.4. The second kappa shape index (κ2) is 8.14. The van der Waals surface area contributed by atoms with Crippen LogP contribution in [0, 0.1) is 0 Å². The number of carbonyl (C=O) groups excluding carboxylic acids is 1. The van der Waals surface area contributed by atoms with E-state index in [1.807, 2.05) is 0 Å². The second-order valence-electron chi connectivity index (χ2n) is 4.77. The molecular weight excluding hydrogens is 320 g/mol. The van der Waals surface area contributed by atoms with Crippen LogP contribution in [0.25, 0.3) is 0 Å². The van der Waals surface area contributed by atoms with Gasteiger partial charge in [0, 0.05) is 12.6 Å². The zero-order chi connectivity index (χ0) is 17.5. The van der Waals surface area contributed by atoms with Crippen molar-refractivity contribution in [3.05, 3.63) is 53.6 Å². The number of hydrogen-bond donors (Lipinski definition) is 1. The number of ether oxygens (including phenoxy) is 3. The molecule has 0 saturated heterocycles. The van der Waals surface area contributed by atoms with E-state index in [9.17, 15) is 13.6 Å². The molecule has 0 aliphatic rings. The molecule has 0 aliphatic carbocycles. The minimum Gasteiger partial charge on any atom is -0.497 e. The second-order valence-corrected chi connectivity index (χ2v) is 4.77. The van der Waals surface area contributed by atoms with Gasteiger partial charge in [0.25, 0.3) is 5.91 Å². The fourth-order valence-corrected chi connectivity index (χ4v) is 2.05. The molecule has 0 fully saturated rings. The fourth-order valence-electron chi connectivity index (χ4n) is 2.05. The average molecular weight is 337 g/mol. The van der Waals surface area contributed by atoms with Crippen molar-refractivity contribution in [1.29, 1.82) is 0 Å². The molecule has 7 heteroatoms. The SMILES string of the molecule is COc1ccc(C(=O)NCc2ccc(OC(F)F)cc2)c(OC)c1. The zero-order valence-electron chi connectivity index (χ0n) is 13.2. The molecule has 1 N–H and O–H groups in total. The first-order chi connectivity index (χ1) is 11.5. The van der Waals surface area contributed by atoms with Crippen LogP contribution in [0.5, 0.6) is 17.2 Å². The Morgan fingerprint density at radius 2 is 1.71 bits per heavy atom. The van der Waals surface area contributed by atoms with Crippen molar-refractivity contribution in [3.8, 4) is 17.2 Å². The van der Waals surface area contributed by atoms with Crippen LogP contribution >= 0.6 is 0 Å². The summed E-state index contributed by atoms with van der Waals surface area (Å²) in [5.41, 5.74) is 1.12. The maximum atomic E-state index is 12.3. The van der Waals surface area contributed by atoms with Crippen molar-refractivity contribution in [1.82, 2.24) is 5.32 Å². The molecule has 0 saturated carbocycles. The molecule has 24 heavy (non-hydrogen) atoms. The van der Waals surface area contributed by atoms with Gasteiger partial charge in [-0.15, -0.1) is 0 Å². The van der Waals surface area contributed by atoms with Crippen LogP contribution in [0.1, 0.15) is 15.9 Å². The van der Waals surface area contributed by atoms with Crippen LogP contribution in [0.3, 0.4) is 0 Å². The van der Waals surface area contributed by atoms with E-state index in [0.717, 1.165) is 5.56 Å². The summed E-state index contributed by atoms with van der Waals surface area (Å²) in [7, 11) is 2.99. The smallest absolute Gasteiger partial charge is 0.387 e. The number of benzene rings is 2. The van der Waals surface area contributed by atoms with Gasteiger partial charge in [0.1, 0.15) is 17.2 Å². The van der Waals surface area contributed by atoms with Crippen molar-refractivity contribution < 1.29 is 27.8 Å². The Balaban J connectivity index is 2.00. The lowest BCUT2D eigenvalue weighted by molar-refractivity contribution is -0.0498. The van der Waals surface area contributed by atoms with E-state index in [1.54, 1.807) is 30.3 Å². The minimum atomic E-state index is -2.86. The number of halogens is 2. The standard InChI is InChI=1S/C17H17F2NO4/c1-22-13-7-8-14(15(9-13)23-2)16(21)20-10-11-3-5-12(6-4-11)24-17(18)19/h3-9,17H,10H2,1-2H3,(H,20,21). The third kappa shape index (κ3) is 4.58. The molecule has 0 spiro atoms. The highest BCUT2D eigenvalue weighted by Crippen LogP contribution is 2.24. The third-order valence-corrected chi connectivity index (χ3v) is 3.25. The van der Waals surface area contributed by atoms with E-state index in [4.69, 9.17) is 9.47 Å². The molecule has 128 valence electrons. The van der Waals surface area contributed by atoms with Crippen molar-refractivity contribution in [2.75, 3.05) is 14.2 Å². The van der Waals surface area contributed by atoms with Gasteiger partial charge in [-0.2, -0.15) is 8.78 Å². The van der Waals surface area contributed by atoms with Gasteiger partial charge in [-0.3, -0.25) is 4.79 Å². The summed E-state index contributed by atoms with van der Waals surface area (Å²) in [5.74, 6) is 0.727. The van der Waals surface area contributed by atoms with Gasteiger partial charge in [0.2, 0.25) is 0 Å². The first kappa shape index (κ1) is 17.5. The van der Waals surface area contributed by atoms with Crippen LogP contribution < -0.4 is 19.5 Å². The van der Waals surface area contributed by atoms with E-state index in [2.05, 4.69) is 10.1 Å². The average Bonchev–Trinajstić information content (AvgIpc) is 2.59. The van der Waals surface area contributed by atoms with Gasteiger partial charge in [0.15, 0.2) is 0 Å². The Hall–Kier alpha value is -2.83. The molecule has 2 aromatic rings. The van der Waals surface area contributed by atoms with Crippen molar-refractivity contribution in [2.45, 2.75) is 13.2 Å². The summed E-state index contributed by atoms with van der Waals surface area (Å²) in [4.78, 5) is 12.3. The van der Waals surface area contributed by atoms with E-state index >= 15 is 0 Å². The molecule has 0 aliphatic heterocycles. The maximum absolute atomic E-state index is 12.3. The predicted octanol–water partition coefficient (Wildman–Crippen LogP) is 3.24. The number of alkyl halides is 2. The van der Waals surface area contributed by atoms with Gasteiger partial charge in [-0.05, 0) is 29.8 Å². The molecule has 2 rings (SSSR count). The summed E-state index contributed by atoms with van der Waals surface area (Å²) in [5, 5.41) is 2.74. The lowest BCUT2D eigenvalue weighted by Gasteiger charge is -2.11. The molecule has 0 radical (unpaired) electrons. The Bertz CT molecular complexity index is 689. The van der Waals surface area contributed by atoms with Crippen LogP contribution in [-0.4, -0.2) is 26.7 Å². The quantitative estimate of drug-likeness (QED) is 0.843. The summed E-state index contributed by atoms with van der Waals surface area (Å²) in [6, 6.07) is 10.9. The number of nitrogens with one attached hydrogen (secondary N) is 1. The van der Waals surface area contributed by atoms with Gasteiger partial charge >= 0.3 is 6.61 Å². The van der Waals surface area contributed by atoms with Crippen LogP contribution in [0.4, 0.5) is 8.78 Å². The van der Waals surface area contributed by atoms with Crippen molar-refractivity contribution in [2.24, 2.45) is 0 Å². The van der Waals surface area contributed by atoms with Gasteiger partial charge in [-0.1, -0.05) is 12.1 Å². The van der Waals surface area contributed by atoms with Crippen molar-refractivity contribution >= 4 is 5.91 Å². The monoisotopic (exact) mass is 337 g/mol. The van der Waals surface area contributed by atoms with Crippen LogP contribution in [0.15, 0.2) is 42.5 Å². The van der Waals surface area contributed by atoms with Crippen LogP contribution in [0.2, 0.25) is 0 Å². The zero-order valence-corrected chi connectivity index (χ0v) is 13.2. The Morgan fingerprint density at radius 3 is 2.29 bits per heavy atom. The first-order valence-corrected chi connectivity index (χ1v) is 7.07. The minimum absolute atomic E-state index is 0.0666. The van der Waals surface area contributed by atoms with E-state index in [0.29, 0.717) is 17.1 Å². The van der Waals surface area contributed by atoms with E-state index in [1.165, 1.54) is 26.4 Å². The van der Waals surface area contributed by atoms with Crippen molar-refractivity contribution in [3.63, 3.8) is 0 Å². The number of amides is 1. The summed E-state index contributed by atoms with van der Waals surface area (Å²) < 4.78 is 38.7. The first-order valence-electron chi connectivity index (χ1n) is 7.07. The fraction of sp³-hybridized carbons (Fsp3) is 0.235. The van der Waals surface area contributed by atoms with Gasteiger partial charge in [0.05, 0.1) is 19.8 Å². The summed E-state index contributed by atoms with van der Waals surface area (Å²) in [6.07, 6.45) is 0. The molecule has 5 nitrogen and oxygen atoms in total. The lowest BCUT2D eigenvalue weighted by atomic mass is 10.1. The lowest BCUT2D eigenvalue weighted by Crippen LogP contribution is -2.23. The number of rotatable bonds is 7. The highest BCUT2D eigenvalue weighted by Gasteiger charge is 2.13. The topological polar surface area (TPSA) is 56.8 Å². The van der Waals surface area contributed by atoms with E-state index < -0.39 is 6.61 Å². The largest absolute Gasteiger partial charge is 0.497 e. The molecule has 1 amide bonds. The highest BCUT2D eigenvalue weighted by atomic mass is 19.3. The number of methoxy groups -OCH3 is 2. The molecular formula is C17H17F2NO4. The highest BCUT2D eigenvalue weighted by molar-refractivity contribution is 5.97. The van der Waals surface area contributed by atoms with Gasteiger partial charge in [-0.25, -0.2) is 0 Å². The third-order valence-electron chi connectivity index (χ3n) is 3.25. The molecule has 0 aromatic heterocycles. The predicted molar refractivity (Wildman–Crippen MR) is 83.8 cm³/mol. The Kier molecular flexibility index (Phi) is 5.95. The molecule has 0 atom stereocenters. The van der Waals surface area contributed by atoms with Gasteiger partial charge < -0.3 is 19.5 Å². The summed E-state index contributed by atoms with van der Waals surface area (Å²) >= 11 is 0. The number of hydrogen-bond acceptors (Lipinski definition) is 4. The molecule has 0 heterocycles. The Morgan fingerprint density at radius 1 is 1.04 bits per heavy atom. The Labute approximate surface area is 138 Å². The molecule has 0 unspecified atom stereocenters. The maximum Gasteiger partial charge on any atom is 0.387 e.